The maximum absolute atomic E-state index is 14.4. The zero-order valence-electron chi connectivity index (χ0n) is 50.0. The van der Waals surface area contributed by atoms with Crippen molar-refractivity contribution in [3.8, 4) is 17.5 Å². The summed E-state index contributed by atoms with van der Waals surface area (Å²) in [7, 11) is -8.84. The van der Waals surface area contributed by atoms with Crippen molar-refractivity contribution >= 4 is 65.7 Å². The van der Waals surface area contributed by atoms with E-state index in [-0.39, 0.29) is 72.6 Å². The van der Waals surface area contributed by atoms with E-state index in [1.807, 2.05) is 17.2 Å². The molecule has 2 saturated heterocycles. The Morgan fingerprint density at radius 2 is 1.34 bits per heavy atom. The number of nitrogens with zero attached hydrogens (tertiary/aromatic N) is 12. The number of rotatable bonds is 20. The number of aryl methyl sites for hydroxylation is 4. The highest BCUT2D eigenvalue weighted by Gasteiger charge is 2.48. The molecule has 451 valence electrons. The molecule has 2 fully saturated rings. The summed E-state index contributed by atoms with van der Waals surface area (Å²) in [5.41, 5.74) is -1.95. The van der Waals surface area contributed by atoms with E-state index in [1.54, 1.807) is 30.9 Å². The van der Waals surface area contributed by atoms with E-state index in [0.29, 0.717) is 55.7 Å². The summed E-state index contributed by atoms with van der Waals surface area (Å²) in [5.74, 6) is -0.158. The normalized spacial score (nSPS) is 18.1. The fourth-order valence-electron chi connectivity index (χ4n) is 10.7. The summed E-state index contributed by atoms with van der Waals surface area (Å²) < 4.78 is 113. The third kappa shape index (κ3) is 13.4. The van der Waals surface area contributed by atoms with Gasteiger partial charge in [-0.15, -0.1) is 5.10 Å². The molecule has 0 spiro atoms. The van der Waals surface area contributed by atoms with Gasteiger partial charge in [0.05, 0.1) is 27.9 Å². The first-order valence-electron chi connectivity index (χ1n) is 27.7. The van der Waals surface area contributed by atoms with Crippen LogP contribution in [-0.4, -0.2) is 132 Å². The highest BCUT2D eigenvalue weighted by atomic mass is 32.2. The number of amides is 2. The molecule has 0 bridgehead atoms. The van der Waals surface area contributed by atoms with Gasteiger partial charge in [-0.2, -0.15) is 28.5 Å². The highest BCUT2D eigenvalue weighted by molar-refractivity contribution is 7.90. The van der Waals surface area contributed by atoms with Crippen LogP contribution < -0.4 is 29.3 Å². The topological polar surface area (TPSA) is 239 Å². The molecule has 3 atom stereocenters. The molecule has 0 aromatic carbocycles. The molecule has 8 heterocycles. The number of alkyl halides is 3. The second-order valence-electron chi connectivity index (χ2n) is 25.5. The van der Waals surface area contributed by atoms with E-state index in [4.69, 9.17) is 19.8 Å². The van der Waals surface area contributed by atoms with Gasteiger partial charge in [-0.3, -0.25) is 19.0 Å². The van der Waals surface area contributed by atoms with Crippen LogP contribution in [0.3, 0.4) is 0 Å². The molecule has 0 aliphatic carbocycles. The summed E-state index contributed by atoms with van der Waals surface area (Å²) in [5, 5.41) is 19.1. The van der Waals surface area contributed by atoms with E-state index in [1.165, 1.54) is 57.8 Å². The van der Waals surface area contributed by atoms with Gasteiger partial charge in [-0.1, -0.05) is 66.3 Å². The largest absolute Gasteiger partial charge is 0.476 e. The number of hydrogen-bond donors (Lipinski definition) is 2. The van der Waals surface area contributed by atoms with E-state index < -0.39 is 66.9 Å². The third-order valence-electron chi connectivity index (χ3n) is 16.5. The molecule has 8 rings (SSSR count). The maximum Gasteiger partial charge on any atom is 0.397 e. The lowest BCUT2D eigenvalue weighted by atomic mass is 9.94. The van der Waals surface area contributed by atoms with Crippen LogP contribution in [0.1, 0.15) is 114 Å². The van der Waals surface area contributed by atoms with E-state index in [9.17, 15) is 39.6 Å². The zero-order valence-corrected chi connectivity index (χ0v) is 53.7. The van der Waals surface area contributed by atoms with Crippen molar-refractivity contribution in [1.82, 2.24) is 58.5 Å². The molecule has 21 nitrogen and oxygen atoms in total. The van der Waals surface area contributed by atoms with Crippen LogP contribution in [0.2, 0.25) is 36.8 Å². The lowest BCUT2D eigenvalue weighted by Crippen LogP contribution is -2.50. The Labute approximate surface area is 487 Å². The molecular weight excluding hydrogens is 1150 g/mol. The Morgan fingerprint density at radius 3 is 1.92 bits per heavy atom. The second-order valence-corrected chi connectivity index (χ2v) is 37.0. The minimum atomic E-state index is -4.52. The Bertz CT molecular complexity index is 3630. The number of pyridine rings is 2. The standard InChI is InChI=1S/C55H78F3N14O7S2Si2/c1-35-28-38(69(30-35)48-39(50(73)65-80(75,76)42-32-67(11)61-37(42)3)16-18-44(59-48)71-24-20-46(63-71)79-34-53(7,8)55(56,57)58)22-26-82(13)27-23-41-43(33-68(12)62-41)81(77,78)66-51(74)40-17-19-45(60-49(40)70-31-36(2)29-54(70,9)10)72-25-21-47(64-72)83(14,15)52(4,5)6/h16-21,24-25,32-33,35-36,38H,22-23,26-31,34H2,1-15H3,(H,65,73)(H,66,74)/t35-,36-,38?/m0/s1. The van der Waals surface area contributed by atoms with Gasteiger partial charge in [0.15, 0.2) is 11.6 Å². The van der Waals surface area contributed by atoms with Crippen LogP contribution in [0.25, 0.3) is 11.6 Å². The molecule has 2 aliphatic rings. The monoisotopic (exact) mass is 1220 g/mol. The Kier molecular flexibility index (Phi) is 17.3. The number of aromatic nitrogens is 10. The number of ether oxygens (including phenoxy) is 1. The molecule has 2 amide bonds. The number of carbonyl (C=O) groups is 2. The van der Waals surface area contributed by atoms with Crippen molar-refractivity contribution in [3.05, 3.63) is 83.7 Å². The molecule has 6 aromatic heterocycles. The number of halogens is 3. The van der Waals surface area contributed by atoms with Gasteiger partial charge in [-0.25, -0.2) is 45.6 Å². The van der Waals surface area contributed by atoms with Gasteiger partial charge in [0.1, 0.15) is 36.1 Å². The van der Waals surface area contributed by atoms with E-state index in [2.05, 4.69) is 97.7 Å². The van der Waals surface area contributed by atoms with Crippen LogP contribution in [0, 0.1) is 24.2 Å². The van der Waals surface area contributed by atoms with Crippen LogP contribution in [0.15, 0.2) is 71.0 Å². The predicted octanol–water partition coefficient (Wildman–Crippen LogP) is 8.14. The van der Waals surface area contributed by atoms with Gasteiger partial charge in [0.25, 0.3) is 31.9 Å². The zero-order chi connectivity index (χ0) is 61.2. The van der Waals surface area contributed by atoms with Crippen molar-refractivity contribution in [2.75, 3.05) is 29.5 Å². The number of nitrogens with one attached hydrogen (secondary N) is 2. The van der Waals surface area contributed by atoms with Crippen molar-refractivity contribution in [2.24, 2.45) is 31.3 Å². The first-order valence-corrected chi connectivity index (χ1v) is 36.1. The lowest BCUT2D eigenvalue weighted by molar-refractivity contribution is -0.219. The van der Waals surface area contributed by atoms with Gasteiger partial charge < -0.3 is 14.5 Å². The highest BCUT2D eigenvalue weighted by Crippen LogP contribution is 2.41. The van der Waals surface area contributed by atoms with Crippen molar-refractivity contribution in [3.63, 3.8) is 0 Å². The van der Waals surface area contributed by atoms with Gasteiger partial charge in [-0.05, 0) is 108 Å². The quantitative estimate of drug-likeness (QED) is 0.0686. The van der Waals surface area contributed by atoms with Gasteiger partial charge in [0.2, 0.25) is 5.88 Å². The number of sulfonamides is 2. The van der Waals surface area contributed by atoms with E-state index in [0.717, 1.165) is 31.6 Å². The molecule has 6 aromatic rings. The summed E-state index contributed by atoms with van der Waals surface area (Å²) in [6.07, 6.45) is 4.04. The molecule has 1 unspecified atom stereocenters. The smallest absolute Gasteiger partial charge is 0.397 e. The van der Waals surface area contributed by atoms with Crippen LogP contribution >= 0.6 is 0 Å². The number of anilines is 2. The lowest BCUT2D eigenvalue weighted by Gasteiger charge is -2.35. The first-order chi connectivity index (χ1) is 38.4. The minimum absolute atomic E-state index is 0.0321. The minimum Gasteiger partial charge on any atom is -0.476 e. The third-order valence-corrected chi connectivity index (χ3v) is 26.8. The molecule has 83 heavy (non-hydrogen) atoms. The molecule has 2 N–H and O–H groups in total. The second kappa shape index (κ2) is 22.9. The summed E-state index contributed by atoms with van der Waals surface area (Å²) in [6, 6.07) is 10.9. The molecule has 1 radical (unpaired) electrons. The van der Waals surface area contributed by atoms with E-state index >= 15 is 0 Å². The Balaban J connectivity index is 0.996. The molecule has 28 heteroatoms. The van der Waals surface area contributed by atoms with Crippen LogP contribution in [-0.2, 0) is 40.6 Å². The summed E-state index contributed by atoms with van der Waals surface area (Å²) in [6.45, 7) is 25.7. The fourth-order valence-corrected chi connectivity index (χ4v) is 16.4. The van der Waals surface area contributed by atoms with Crippen LogP contribution in [0.5, 0.6) is 5.88 Å². The maximum atomic E-state index is 14.4. The van der Waals surface area contributed by atoms with Crippen molar-refractivity contribution in [2.45, 2.75) is 159 Å². The average molecular weight is 1220 g/mol. The Hall–Kier alpha value is -6.40. The van der Waals surface area contributed by atoms with Gasteiger partial charge in [0, 0.05) is 83.7 Å². The fraction of sp³-hybridized carbons (Fsp3) is 0.564. The predicted molar refractivity (Wildman–Crippen MR) is 315 cm³/mol. The first kappa shape index (κ1) is 62.6. The summed E-state index contributed by atoms with van der Waals surface area (Å²) in [4.78, 5) is 42.3. The van der Waals surface area contributed by atoms with Crippen LogP contribution in [0.4, 0.5) is 24.8 Å². The SMILES string of the molecule is Cc1nn(C)cc1S(=O)(=O)NC(=O)c1ccc(-n2ccc(OCC(C)(C)C(F)(F)F)n2)nc1N1C[C@@H](C)CC1CC[Si](C)CCc1nn(C)cc1S(=O)(=O)NC(=O)c1ccc(-n2ccc([Si](C)(C)C(C)(C)C)n2)nc1N1C[C@@H](C)CC1(C)C. The van der Waals surface area contributed by atoms with Gasteiger partial charge >= 0.3 is 6.18 Å². The molecule has 2 aliphatic heterocycles. The average Bonchev–Trinajstić information content (AvgIpc) is 4.40. The van der Waals surface area contributed by atoms with Crippen molar-refractivity contribution < 1.29 is 44.3 Å². The Morgan fingerprint density at radius 1 is 0.771 bits per heavy atom. The molecule has 0 saturated carbocycles. The molecular formula is C55H78F3N14O7S2Si2. The number of carbonyl (C=O) groups excluding carboxylic acids is 2. The summed E-state index contributed by atoms with van der Waals surface area (Å²) >= 11 is 0. The van der Waals surface area contributed by atoms with Crippen molar-refractivity contribution in [1.29, 1.82) is 0 Å². The number of hydrogen-bond acceptors (Lipinski definition) is 15.